The minimum atomic E-state index is 0.0916. The summed E-state index contributed by atoms with van der Waals surface area (Å²) in [4.78, 5) is 19.6. The number of nitrogens with zero attached hydrogens (tertiary/aromatic N) is 5. The number of aromatic nitrogens is 4. The molecule has 28 heavy (non-hydrogen) atoms. The average Bonchev–Trinajstić information content (AvgIpc) is 3.13. The van der Waals surface area contributed by atoms with Gasteiger partial charge in [0, 0.05) is 38.3 Å². The fraction of sp³-hybridized carbons (Fsp3) is 0.682. The zero-order chi connectivity index (χ0) is 18.9. The van der Waals surface area contributed by atoms with Crippen molar-refractivity contribution in [1.29, 1.82) is 0 Å². The Kier molecular flexibility index (Phi) is 5.05. The Morgan fingerprint density at radius 1 is 1.00 bits per heavy atom. The van der Waals surface area contributed by atoms with Crippen LogP contribution in [0.25, 0.3) is 0 Å². The maximum atomic E-state index is 12.5. The summed E-state index contributed by atoms with van der Waals surface area (Å²) in [6, 6.07) is 1.85. The number of fused-ring (bicyclic) bond motifs is 2. The molecule has 0 unspecified atom stereocenters. The summed E-state index contributed by atoms with van der Waals surface area (Å²) in [6.07, 6.45) is 12.5. The summed E-state index contributed by atoms with van der Waals surface area (Å²) >= 11 is 0. The minimum Gasteiger partial charge on any atom is -0.331 e. The van der Waals surface area contributed by atoms with E-state index in [1.165, 1.54) is 42.8 Å². The molecule has 0 aromatic carbocycles. The molecule has 0 bridgehead atoms. The first kappa shape index (κ1) is 18.1. The molecule has 0 saturated carbocycles. The van der Waals surface area contributed by atoms with Gasteiger partial charge in [0.15, 0.2) is 0 Å². The predicted octanol–water partition coefficient (Wildman–Crippen LogP) is 2.57. The molecule has 0 atom stereocenters. The Labute approximate surface area is 166 Å². The lowest BCUT2D eigenvalue weighted by molar-refractivity contribution is 0.160. The number of hydrogen-bond acceptors (Lipinski definition) is 4. The SMILES string of the molecule is O=c1cc2c(nn1CC1CCN(Cc3cnc4n3CCCC4)CC1)CCCC2. The maximum absolute atomic E-state index is 12.5. The fourth-order valence-electron chi connectivity index (χ4n) is 5.14. The molecule has 4 heterocycles. The first-order chi connectivity index (χ1) is 13.8. The van der Waals surface area contributed by atoms with Crippen molar-refractivity contribution in [2.24, 2.45) is 5.92 Å². The minimum absolute atomic E-state index is 0.0916. The van der Waals surface area contributed by atoms with Crippen LogP contribution in [0.1, 0.15) is 61.3 Å². The molecule has 1 aliphatic carbocycles. The van der Waals surface area contributed by atoms with Crippen LogP contribution in [-0.2, 0) is 38.9 Å². The molecule has 0 radical (unpaired) electrons. The van der Waals surface area contributed by atoms with Gasteiger partial charge < -0.3 is 4.57 Å². The van der Waals surface area contributed by atoms with Crippen LogP contribution in [-0.4, -0.2) is 37.3 Å². The van der Waals surface area contributed by atoms with E-state index in [0.717, 1.165) is 70.5 Å². The molecule has 0 spiro atoms. The van der Waals surface area contributed by atoms with Crippen LogP contribution in [0.2, 0.25) is 0 Å². The monoisotopic (exact) mass is 381 g/mol. The summed E-state index contributed by atoms with van der Waals surface area (Å²) in [5, 5.41) is 4.71. The summed E-state index contributed by atoms with van der Waals surface area (Å²) in [5.74, 6) is 1.83. The van der Waals surface area contributed by atoms with Gasteiger partial charge in [0.2, 0.25) is 0 Å². The molecule has 2 aromatic heterocycles. The number of likely N-dealkylation sites (tertiary alicyclic amines) is 1. The van der Waals surface area contributed by atoms with Crippen LogP contribution in [0.5, 0.6) is 0 Å². The molecule has 2 aliphatic heterocycles. The lowest BCUT2D eigenvalue weighted by Crippen LogP contribution is -2.37. The number of hydrogen-bond donors (Lipinski definition) is 0. The van der Waals surface area contributed by atoms with Crippen LogP contribution in [0.3, 0.4) is 0 Å². The lowest BCUT2D eigenvalue weighted by atomic mass is 9.95. The molecular weight excluding hydrogens is 350 g/mol. The third-order valence-electron chi connectivity index (χ3n) is 6.85. The molecule has 0 N–H and O–H groups in total. The van der Waals surface area contributed by atoms with Crippen molar-refractivity contribution >= 4 is 0 Å². The summed E-state index contributed by atoms with van der Waals surface area (Å²) in [5.41, 5.74) is 3.81. The maximum Gasteiger partial charge on any atom is 0.267 e. The van der Waals surface area contributed by atoms with E-state index in [2.05, 4.69) is 20.6 Å². The highest BCUT2D eigenvalue weighted by Gasteiger charge is 2.23. The van der Waals surface area contributed by atoms with E-state index >= 15 is 0 Å². The third-order valence-corrected chi connectivity index (χ3v) is 6.85. The zero-order valence-corrected chi connectivity index (χ0v) is 16.8. The van der Waals surface area contributed by atoms with E-state index in [4.69, 9.17) is 5.10 Å². The van der Waals surface area contributed by atoms with E-state index in [1.54, 1.807) is 4.68 Å². The molecule has 5 rings (SSSR count). The number of rotatable bonds is 4. The van der Waals surface area contributed by atoms with Crippen molar-refractivity contribution in [2.75, 3.05) is 13.1 Å². The topological polar surface area (TPSA) is 56.0 Å². The van der Waals surface area contributed by atoms with E-state index in [-0.39, 0.29) is 5.56 Å². The van der Waals surface area contributed by atoms with Crippen LogP contribution < -0.4 is 5.56 Å². The third kappa shape index (κ3) is 3.66. The summed E-state index contributed by atoms with van der Waals surface area (Å²) in [6.45, 7) is 5.13. The predicted molar refractivity (Wildman–Crippen MR) is 108 cm³/mol. The number of piperidine rings is 1. The second-order valence-electron chi connectivity index (χ2n) is 8.84. The Bertz CT molecular complexity index is 891. The fourth-order valence-corrected chi connectivity index (χ4v) is 5.14. The molecular formula is C22H31N5O. The highest BCUT2D eigenvalue weighted by Crippen LogP contribution is 2.23. The molecule has 1 saturated heterocycles. The van der Waals surface area contributed by atoms with E-state index in [9.17, 15) is 4.79 Å². The van der Waals surface area contributed by atoms with Gasteiger partial charge in [0.05, 0.1) is 11.4 Å². The van der Waals surface area contributed by atoms with E-state index in [1.807, 2.05) is 6.07 Å². The first-order valence-electron chi connectivity index (χ1n) is 11.1. The summed E-state index contributed by atoms with van der Waals surface area (Å²) < 4.78 is 4.18. The van der Waals surface area contributed by atoms with Gasteiger partial charge >= 0.3 is 0 Å². The standard InChI is InChI=1S/C22H31N5O/c28-22-13-18-5-1-2-6-20(18)24-27(22)15-17-8-11-25(12-9-17)16-19-14-23-21-7-3-4-10-26(19)21/h13-14,17H,1-12,15-16H2. The highest BCUT2D eigenvalue weighted by molar-refractivity contribution is 5.20. The molecule has 2 aromatic rings. The van der Waals surface area contributed by atoms with Crippen molar-refractivity contribution in [3.8, 4) is 0 Å². The van der Waals surface area contributed by atoms with Crippen LogP contribution in [0.4, 0.5) is 0 Å². The van der Waals surface area contributed by atoms with Crippen molar-refractivity contribution in [2.45, 2.75) is 77.4 Å². The smallest absolute Gasteiger partial charge is 0.267 e. The van der Waals surface area contributed by atoms with Gasteiger partial charge in [0.1, 0.15) is 5.82 Å². The van der Waals surface area contributed by atoms with Crippen molar-refractivity contribution in [3.63, 3.8) is 0 Å². The molecule has 150 valence electrons. The largest absolute Gasteiger partial charge is 0.331 e. The van der Waals surface area contributed by atoms with Crippen molar-refractivity contribution in [1.82, 2.24) is 24.2 Å². The average molecular weight is 382 g/mol. The lowest BCUT2D eigenvalue weighted by Gasteiger charge is -2.32. The van der Waals surface area contributed by atoms with Crippen LogP contribution >= 0.6 is 0 Å². The van der Waals surface area contributed by atoms with Gasteiger partial charge in [-0.25, -0.2) is 9.67 Å². The zero-order valence-electron chi connectivity index (χ0n) is 16.8. The number of aryl methyl sites for hydroxylation is 3. The Hall–Kier alpha value is -1.95. The second kappa shape index (κ2) is 7.82. The van der Waals surface area contributed by atoms with Gasteiger partial charge in [-0.05, 0) is 75.9 Å². The van der Waals surface area contributed by atoms with E-state index in [0.29, 0.717) is 5.92 Å². The van der Waals surface area contributed by atoms with Gasteiger partial charge in [0.25, 0.3) is 5.56 Å². The van der Waals surface area contributed by atoms with Gasteiger partial charge in [-0.1, -0.05) is 0 Å². The first-order valence-corrected chi connectivity index (χ1v) is 11.1. The summed E-state index contributed by atoms with van der Waals surface area (Å²) in [7, 11) is 0. The van der Waals surface area contributed by atoms with Gasteiger partial charge in [-0.3, -0.25) is 9.69 Å². The molecule has 3 aliphatic rings. The molecule has 6 heteroatoms. The van der Waals surface area contributed by atoms with E-state index < -0.39 is 0 Å². The highest BCUT2D eigenvalue weighted by atomic mass is 16.1. The molecule has 6 nitrogen and oxygen atoms in total. The van der Waals surface area contributed by atoms with Crippen molar-refractivity contribution < 1.29 is 0 Å². The Morgan fingerprint density at radius 2 is 1.82 bits per heavy atom. The Morgan fingerprint density at radius 3 is 2.71 bits per heavy atom. The van der Waals surface area contributed by atoms with Crippen LogP contribution in [0, 0.1) is 5.92 Å². The van der Waals surface area contributed by atoms with Crippen LogP contribution in [0.15, 0.2) is 17.1 Å². The van der Waals surface area contributed by atoms with Crippen molar-refractivity contribution in [3.05, 3.63) is 45.4 Å². The Balaban J connectivity index is 1.19. The second-order valence-corrected chi connectivity index (χ2v) is 8.84. The molecule has 1 fully saturated rings. The quantitative estimate of drug-likeness (QED) is 0.817. The molecule has 0 amide bonds. The normalized spacial score (nSPS) is 20.7. The van der Waals surface area contributed by atoms with Gasteiger partial charge in [-0.15, -0.1) is 0 Å². The number of imidazole rings is 1. The van der Waals surface area contributed by atoms with Gasteiger partial charge in [-0.2, -0.15) is 5.10 Å².